The summed E-state index contributed by atoms with van der Waals surface area (Å²) in [4.78, 5) is 36.7. The fraction of sp³-hybridized carbons (Fsp3) is 0.900. The van der Waals surface area contributed by atoms with Crippen LogP contribution in [-0.4, -0.2) is 137 Å². The van der Waals surface area contributed by atoms with Crippen LogP contribution < -0.4 is 0 Å². The minimum atomic E-state index is -0.760. The Balaban J connectivity index is 0.000000642. The summed E-state index contributed by atoms with van der Waals surface area (Å²) in [6, 6.07) is 0. The molecular formula is C20H40Cl2N4O9. The predicted octanol–water partition coefficient (Wildman–Crippen LogP) is 0.451. The van der Waals surface area contributed by atoms with Gasteiger partial charge in [-0.25, -0.2) is 9.59 Å². The number of piperazine rings is 2. The van der Waals surface area contributed by atoms with Crippen molar-refractivity contribution in [3.63, 3.8) is 0 Å². The molecule has 0 aliphatic carbocycles. The number of halogens is 2. The SMILES string of the molecule is CCOC(=O)N1CCN(OC(Cl)C(C)O)CC1.CCOC(=O)N1CCN(OC(Cl)C(C)O)CC1.O. The molecule has 2 fully saturated rings. The maximum absolute atomic E-state index is 11.4. The quantitative estimate of drug-likeness (QED) is 0.406. The number of carbonyl (C=O) groups is 2. The van der Waals surface area contributed by atoms with Crippen molar-refractivity contribution in [1.82, 2.24) is 19.9 Å². The van der Waals surface area contributed by atoms with Crippen molar-refractivity contribution in [1.29, 1.82) is 0 Å². The van der Waals surface area contributed by atoms with Crippen LogP contribution in [0, 0.1) is 0 Å². The Kier molecular flexibility index (Phi) is 17.5. The first-order valence-corrected chi connectivity index (χ1v) is 12.3. The normalized spacial score (nSPS) is 20.5. The molecule has 2 heterocycles. The van der Waals surface area contributed by atoms with Gasteiger partial charge in [0, 0.05) is 52.4 Å². The lowest BCUT2D eigenvalue weighted by molar-refractivity contribution is -0.205. The third kappa shape index (κ3) is 13.1. The molecule has 2 aliphatic rings. The average molecular weight is 551 g/mol. The number of carbonyl (C=O) groups excluding carboxylic acids is 2. The van der Waals surface area contributed by atoms with Crippen LogP contribution >= 0.6 is 23.2 Å². The topological polar surface area (TPSA) is 156 Å². The van der Waals surface area contributed by atoms with E-state index in [2.05, 4.69) is 0 Å². The molecule has 4 unspecified atom stereocenters. The molecule has 4 atom stereocenters. The van der Waals surface area contributed by atoms with Gasteiger partial charge in [-0.1, -0.05) is 23.2 Å². The number of hydrogen-bond donors (Lipinski definition) is 2. The maximum Gasteiger partial charge on any atom is 0.409 e. The molecule has 0 aromatic rings. The molecule has 2 aliphatic heterocycles. The maximum atomic E-state index is 11.4. The van der Waals surface area contributed by atoms with Crippen LogP contribution in [0.5, 0.6) is 0 Å². The highest BCUT2D eigenvalue weighted by Crippen LogP contribution is 2.12. The van der Waals surface area contributed by atoms with E-state index in [1.807, 2.05) is 0 Å². The summed E-state index contributed by atoms with van der Waals surface area (Å²) in [5.74, 6) is 0. The number of ether oxygens (including phenoxy) is 2. The molecule has 0 aromatic carbocycles. The molecule has 2 amide bonds. The van der Waals surface area contributed by atoms with E-state index in [4.69, 9.17) is 42.4 Å². The Morgan fingerprint density at radius 2 is 1.00 bits per heavy atom. The van der Waals surface area contributed by atoms with Gasteiger partial charge in [-0.3, -0.25) is 9.68 Å². The molecular weight excluding hydrogens is 511 g/mol. The van der Waals surface area contributed by atoms with E-state index >= 15 is 0 Å². The zero-order chi connectivity index (χ0) is 25.7. The minimum absolute atomic E-state index is 0. The predicted molar refractivity (Wildman–Crippen MR) is 129 cm³/mol. The summed E-state index contributed by atoms with van der Waals surface area (Å²) >= 11 is 11.6. The molecule has 2 rings (SSSR count). The molecule has 15 heteroatoms. The fourth-order valence-electron chi connectivity index (χ4n) is 2.84. The van der Waals surface area contributed by atoms with Crippen LogP contribution in [0.4, 0.5) is 9.59 Å². The van der Waals surface area contributed by atoms with Crippen molar-refractivity contribution in [3.8, 4) is 0 Å². The molecule has 0 saturated carbocycles. The molecule has 2 saturated heterocycles. The Hall–Kier alpha value is -1.16. The molecule has 0 aromatic heterocycles. The van der Waals surface area contributed by atoms with Gasteiger partial charge in [0.15, 0.2) is 11.1 Å². The molecule has 0 spiro atoms. The fourth-order valence-corrected chi connectivity index (χ4v) is 3.07. The molecule has 4 N–H and O–H groups in total. The van der Waals surface area contributed by atoms with Crippen LogP contribution in [0.25, 0.3) is 0 Å². The molecule has 13 nitrogen and oxygen atoms in total. The number of rotatable bonds is 8. The number of hydrogen-bond acceptors (Lipinski definition) is 10. The van der Waals surface area contributed by atoms with Crippen LogP contribution in [0.1, 0.15) is 27.7 Å². The van der Waals surface area contributed by atoms with Gasteiger partial charge in [-0.15, -0.1) is 0 Å². The summed E-state index contributed by atoms with van der Waals surface area (Å²) in [5, 5.41) is 21.7. The van der Waals surface area contributed by atoms with Crippen molar-refractivity contribution in [2.75, 3.05) is 65.6 Å². The van der Waals surface area contributed by atoms with E-state index in [9.17, 15) is 19.8 Å². The van der Waals surface area contributed by atoms with Gasteiger partial charge in [-0.05, 0) is 27.7 Å². The Morgan fingerprint density at radius 3 is 1.23 bits per heavy atom. The van der Waals surface area contributed by atoms with E-state index in [1.165, 1.54) is 0 Å². The summed E-state index contributed by atoms with van der Waals surface area (Å²) in [6.45, 7) is 11.7. The second-order valence-electron chi connectivity index (χ2n) is 7.62. The second-order valence-corrected chi connectivity index (χ2v) is 8.48. The van der Waals surface area contributed by atoms with E-state index in [0.717, 1.165) is 0 Å². The van der Waals surface area contributed by atoms with Gasteiger partial charge >= 0.3 is 12.2 Å². The van der Waals surface area contributed by atoms with Gasteiger partial charge in [0.1, 0.15) is 0 Å². The van der Waals surface area contributed by atoms with Crippen molar-refractivity contribution in [2.24, 2.45) is 0 Å². The molecule has 0 radical (unpaired) electrons. The van der Waals surface area contributed by atoms with E-state index in [-0.39, 0.29) is 17.7 Å². The van der Waals surface area contributed by atoms with Crippen LogP contribution in [0.2, 0.25) is 0 Å². The standard InChI is InChI=1S/2C10H19ClN2O4.H2O/c2*1-3-16-10(15)12-4-6-13(7-5-12)17-9(11)8(2)14;/h2*8-9,14H,3-7H2,1-2H3;1H2. The summed E-state index contributed by atoms with van der Waals surface area (Å²) in [5.41, 5.74) is -1.52. The zero-order valence-corrected chi connectivity index (χ0v) is 22.3. The number of alkyl halides is 2. The number of aliphatic hydroxyl groups excluding tert-OH is 2. The van der Waals surface area contributed by atoms with Crippen molar-refractivity contribution < 1.29 is 44.4 Å². The van der Waals surface area contributed by atoms with Gasteiger partial charge in [-0.2, -0.15) is 10.1 Å². The van der Waals surface area contributed by atoms with Gasteiger partial charge in [0.2, 0.25) is 0 Å². The van der Waals surface area contributed by atoms with Gasteiger partial charge in [0.25, 0.3) is 0 Å². The Morgan fingerprint density at radius 1 is 0.714 bits per heavy atom. The highest BCUT2D eigenvalue weighted by atomic mass is 35.5. The van der Waals surface area contributed by atoms with Gasteiger partial charge < -0.3 is 35.0 Å². The largest absolute Gasteiger partial charge is 0.450 e. The first-order valence-electron chi connectivity index (χ1n) is 11.4. The third-order valence-corrected chi connectivity index (χ3v) is 5.68. The van der Waals surface area contributed by atoms with Crippen LogP contribution in [0.3, 0.4) is 0 Å². The highest BCUT2D eigenvalue weighted by Gasteiger charge is 2.26. The summed E-state index contributed by atoms with van der Waals surface area (Å²) in [6.07, 6.45) is -2.07. The number of nitrogens with zero attached hydrogens (tertiary/aromatic N) is 4. The lowest BCUT2D eigenvalue weighted by Crippen LogP contribution is -2.50. The first-order chi connectivity index (χ1) is 16.1. The monoisotopic (exact) mass is 550 g/mol. The second kappa shape index (κ2) is 18.1. The summed E-state index contributed by atoms with van der Waals surface area (Å²) in [7, 11) is 0. The van der Waals surface area contributed by atoms with E-state index in [0.29, 0.717) is 65.6 Å². The smallest absolute Gasteiger partial charge is 0.409 e. The summed E-state index contributed by atoms with van der Waals surface area (Å²) < 4.78 is 9.80. The van der Waals surface area contributed by atoms with E-state index < -0.39 is 23.3 Å². The van der Waals surface area contributed by atoms with Gasteiger partial charge in [0.05, 0.1) is 25.4 Å². The minimum Gasteiger partial charge on any atom is -0.450 e. The van der Waals surface area contributed by atoms with Crippen molar-refractivity contribution in [2.45, 2.75) is 51.0 Å². The number of aliphatic hydroxyl groups is 2. The van der Waals surface area contributed by atoms with Crippen molar-refractivity contribution >= 4 is 35.4 Å². The Labute approximate surface area is 216 Å². The first kappa shape index (κ1) is 33.8. The average Bonchev–Trinajstić information content (AvgIpc) is 2.80. The zero-order valence-electron chi connectivity index (χ0n) is 20.8. The third-order valence-electron chi connectivity index (χ3n) is 4.79. The van der Waals surface area contributed by atoms with Crippen molar-refractivity contribution in [3.05, 3.63) is 0 Å². The molecule has 35 heavy (non-hydrogen) atoms. The lowest BCUT2D eigenvalue weighted by Gasteiger charge is -2.34. The molecule has 208 valence electrons. The molecule has 0 bridgehead atoms. The number of hydroxylamine groups is 4. The number of amides is 2. The lowest BCUT2D eigenvalue weighted by atomic mass is 10.4. The van der Waals surface area contributed by atoms with E-state index in [1.54, 1.807) is 47.6 Å². The van der Waals surface area contributed by atoms with Crippen LogP contribution in [-0.2, 0) is 19.1 Å². The highest BCUT2D eigenvalue weighted by molar-refractivity contribution is 6.20. The van der Waals surface area contributed by atoms with Crippen LogP contribution in [0.15, 0.2) is 0 Å². The Bertz CT molecular complexity index is 541.